The predicted molar refractivity (Wildman–Crippen MR) is 282 cm³/mol. The number of carbonyl (C=O) groups is 3. The SMILES string of the molecule is CCCCCCCCCCCCCCCCCCCCCCCCCC(=O)N[C@@H](CO[C@H]1O[C@H](CSC2CC(=O)N(CC)C2=O)[C@H](O)[C@H](O)[C@H]1O)[C@H](O)[C@H](O)CCCCCCCCCCCCCC. The minimum absolute atomic E-state index is 0.0335. The lowest BCUT2D eigenvalue weighted by Gasteiger charge is -2.41. The molecule has 0 aromatic heterocycles. The second kappa shape index (κ2) is 42.1. The van der Waals surface area contributed by atoms with Crippen LogP contribution >= 0.6 is 11.8 Å². The van der Waals surface area contributed by atoms with E-state index in [0.717, 1.165) is 56.7 Å². The van der Waals surface area contributed by atoms with E-state index in [1.54, 1.807) is 6.92 Å². The summed E-state index contributed by atoms with van der Waals surface area (Å²) in [5, 5.41) is 57.1. The molecule has 406 valence electrons. The molecule has 12 nitrogen and oxygen atoms in total. The van der Waals surface area contributed by atoms with Gasteiger partial charge in [-0.3, -0.25) is 19.3 Å². The molecular formula is C56H106N2O10S. The fourth-order valence-electron chi connectivity index (χ4n) is 9.93. The van der Waals surface area contributed by atoms with Gasteiger partial charge in [0, 0.05) is 25.1 Å². The molecule has 0 bridgehead atoms. The van der Waals surface area contributed by atoms with Gasteiger partial charge in [-0.1, -0.05) is 232 Å². The number of amides is 3. The van der Waals surface area contributed by atoms with Crippen LogP contribution in [0.25, 0.3) is 0 Å². The third-order valence-corrected chi connectivity index (χ3v) is 15.9. The van der Waals surface area contributed by atoms with Gasteiger partial charge in [0.25, 0.3) is 0 Å². The summed E-state index contributed by atoms with van der Waals surface area (Å²) >= 11 is 1.14. The van der Waals surface area contributed by atoms with E-state index in [-0.39, 0.29) is 49.5 Å². The number of hydrogen-bond acceptors (Lipinski definition) is 11. The van der Waals surface area contributed by atoms with Crippen molar-refractivity contribution in [2.24, 2.45) is 0 Å². The Hall–Kier alpha value is -1.32. The third-order valence-electron chi connectivity index (χ3n) is 14.6. The molecule has 13 heteroatoms. The summed E-state index contributed by atoms with van der Waals surface area (Å²) in [5.41, 5.74) is 0. The van der Waals surface area contributed by atoms with E-state index >= 15 is 0 Å². The summed E-state index contributed by atoms with van der Waals surface area (Å²) in [6.45, 7) is 6.19. The van der Waals surface area contributed by atoms with Gasteiger partial charge >= 0.3 is 0 Å². The standard InChI is InChI=1S/C56H106N2O10S/c1-4-7-9-11-13-15-17-19-20-21-22-23-24-25-26-27-28-29-31-33-35-37-39-41-49(60)57-45(51(62)46(59)40-38-36-34-32-30-18-16-14-12-10-8-5-2)43-67-56-54(65)53(64)52(63)47(68-56)44-69-48-42-50(61)58(6-3)55(48)66/h45-48,51-54,56,59,62-65H,4-44H2,1-3H3,(H,57,60)/t45-,46+,47+,48?,51-,52-,53-,54+,56-/m0/s1. The van der Waals surface area contributed by atoms with Crippen molar-refractivity contribution >= 4 is 29.5 Å². The van der Waals surface area contributed by atoms with Crippen LogP contribution in [0, 0.1) is 0 Å². The van der Waals surface area contributed by atoms with Crippen LogP contribution in [0.3, 0.4) is 0 Å². The van der Waals surface area contributed by atoms with Crippen molar-refractivity contribution < 1.29 is 49.4 Å². The molecule has 0 aromatic carbocycles. The molecule has 69 heavy (non-hydrogen) atoms. The monoisotopic (exact) mass is 999 g/mol. The third kappa shape index (κ3) is 29.2. The summed E-state index contributed by atoms with van der Waals surface area (Å²) < 4.78 is 11.8. The summed E-state index contributed by atoms with van der Waals surface area (Å²) in [4.78, 5) is 39.4. The first kappa shape index (κ1) is 63.8. The van der Waals surface area contributed by atoms with Crippen molar-refractivity contribution in [2.75, 3.05) is 18.9 Å². The number of carbonyl (C=O) groups excluding carboxylic acids is 3. The minimum Gasteiger partial charge on any atom is -0.390 e. The second-order valence-electron chi connectivity index (χ2n) is 20.8. The highest BCUT2D eigenvalue weighted by Crippen LogP contribution is 2.31. The summed E-state index contributed by atoms with van der Waals surface area (Å²) in [7, 11) is 0. The van der Waals surface area contributed by atoms with Gasteiger partial charge in [-0.15, -0.1) is 11.8 Å². The van der Waals surface area contributed by atoms with Gasteiger partial charge in [-0.25, -0.2) is 0 Å². The molecule has 2 aliphatic heterocycles. The van der Waals surface area contributed by atoms with Gasteiger partial charge in [0.2, 0.25) is 17.7 Å². The number of ether oxygens (including phenoxy) is 2. The Kier molecular flexibility index (Phi) is 38.9. The zero-order chi connectivity index (χ0) is 50.3. The number of likely N-dealkylation sites (tertiary alicyclic amines) is 1. The van der Waals surface area contributed by atoms with E-state index < -0.39 is 54.2 Å². The highest BCUT2D eigenvalue weighted by molar-refractivity contribution is 8.00. The van der Waals surface area contributed by atoms with Gasteiger partial charge in [0.05, 0.1) is 30.1 Å². The average molecular weight is 1000 g/mol. The number of aliphatic hydroxyl groups is 5. The minimum atomic E-state index is -1.64. The van der Waals surface area contributed by atoms with Crippen molar-refractivity contribution in [1.29, 1.82) is 0 Å². The van der Waals surface area contributed by atoms with E-state index in [2.05, 4.69) is 19.2 Å². The van der Waals surface area contributed by atoms with E-state index in [9.17, 15) is 39.9 Å². The zero-order valence-electron chi connectivity index (χ0n) is 44.3. The van der Waals surface area contributed by atoms with Crippen LogP contribution in [0.5, 0.6) is 0 Å². The van der Waals surface area contributed by atoms with Gasteiger partial charge in [0.15, 0.2) is 6.29 Å². The average Bonchev–Trinajstić information content (AvgIpc) is 3.62. The van der Waals surface area contributed by atoms with E-state index in [4.69, 9.17) is 9.47 Å². The van der Waals surface area contributed by atoms with Crippen molar-refractivity contribution in [3.05, 3.63) is 0 Å². The molecular weight excluding hydrogens is 893 g/mol. The highest BCUT2D eigenvalue weighted by atomic mass is 32.2. The molecule has 2 saturated heterocycles. The predicted octanol–water partition coefficient (Wildman–Crippen LogP) is 11.4. The number of rotatable bonds is 47. The Bertz CT molecular complexity index is 1270. The number of hydrogen-bond donors (Lipinski definition) is 6. The van der Waals surface area contributed by atoms with Crippen molar-refractivity contribution in [3.8, 4) is 0 Å². The Morgan fingerprint density at radius 1 is 0.609 bits per heavy atom. The number of aliphatic hydroxyl groups excluding tert-OH is 5. The van der Waals surface area contributed by atoms with E-state index in [1.165, 1.54) is 178 Å². The fourth-order valence-corrected chi connectivity index (χ4v) is 11.2. The highest BCUT2D eigenvalue weighted by Gasteiger charge is 2.46. The first-order chi connectivity index (χ1) is 33.5. The molecule has 1 unspecified atom stereocenters. The van der Waals surface area contributed by atoms with Crippen LogP contribution < -0.4 is 5.32 Å². The molecule has 0 aromatic rings. The maximum Gasteiger partial charge on any atom is 0.242 e. The van der Waals surface area contributed by atoms with Crippen LogP contribution in [0.1, 0.15) is 265 Å². The van der Waals surface area contributed by atoms with Crippen molar-refractivity contribution in [3.63, 3.8) is 0 Å². The lowest BCUT2D eigenvalue weighted by molar-refractivity contribution is -0.294. The van der Waals surface area contributed by atoms with Crippen molar-refractivity contribution in [1.82, 2.24) is 10.2 Å². The Morgan fingerprint density at radius 3 is 1.42 bits per heavy atom. The second-order valence-corrected chi connectivity index (χ2v) is 22.0. The number of imide groups is 1. The Labute approximate surface area is 425 Å². The summed E-state index contributed by atoms with van der Waals surface area (Å²) in [6.07, 6.45) is 35.0. The van der Waals surface area contributed by atoms with Crippen LogP contribution in [0.15, 0.2) is 0 Å². The van der Waals surface area contributed by atoms with Crippen LogP contribution in [0.4, 0.5) is 0 Å². The zero-order valence-corrected chi connectivity index (χ0v) is 45.1. The van der Waals surface area contributed by atoms with Gasteiger partial charge in [-0.05, 0) is 19.8 Å². The molecule has 0 aliphatic carbocycles. The fraction of sp³-hybridized carbons (Fsp3) is 0.946. The normalized spacial score (nSPS) is 22.1. The first-order valence-electron chi connectivity index (χ1n) is 29.0. The van der Waals surface area contributed by atoms with E-state index in [1.807, 2.05) is 0 Å². The number of thioether (sulfide) groups is 1. The van der Waals surface area contributed by atoms with Gasteiger partial charge in [-0.2, -0.15) is 0 Å². The molecule has 6 N–H and O–H groups in total. The van der Waals surface area contributed by atoms with Crippen molar-refractivity contribution in [2.45, 2.75) is 319 Å². The molecule has 2 heterocycles. The topological polar surface area (TPSA) is 186 Å². The molecule has 9 atom stereocenters. The Morgan fingerprint density at radius 2 is 1.01 bits per heavy atom. The quantitative estimate of drug-likeness (QED) is 0.0252. The largest absolute Gasteiger partial charge is 0.390 e. The lowest BCUT2D eigenvalue weighted by atomic mass is 9.98. The lowest BCUT2D eigenvalue weighted by Crippen LogP contribution is -2.60. The van der Waals surface area contributed by atoms with E-state index in [0.29, 0.717) is 12.8 Å². The first-order valence-corrected chi connectivity index (χ1v) is 30.0. The van der Waals surface area contributed by atoms with Gasteiger partial charge < -0.3 is 40.3 Å². The molecule has 0 saturated carbocycles. The maximum absolute atomic E-state index is 13.3. The Balaban J connectivity index is 1.72. The smallest absolute Gasteiger partial charge is 0.242 e. The number of nitrogens with one attached hydrogen (secondary N) is 1. The van der Waals surface area contributed by atoms with Gasteiger partial charge in [0.1, 0.15) is 24.4 Å². The number of nitrogens with zero attached hydrogens (tertiary/aromatic N) is 1. The molecule has 3 amide bonds. The molecule has 2 aliphatic rings. The maximum atomic E-state index is 13.3. The molecule has 2 fully saturated rings. The number of unbranched alkanes of at least 4 members (excludes halogenated alkanes) is 33. The summed E-state index contributed by atoms with van der Waals surface area (Å²) in [5.74, 6) is -0.792. The van der Waals surface area contributed by atoms with Crippen LogP contribution in [-0.4, -0.2) is 121 Å². The summed E-state index contributed by atoms with van der Waals surface area (Å²) in [6, 6.07) is -1.02. The molecule has 2 rings (SSSR count). The van der Waals surface area contributed by atoms with Crippen LogP contribution in [-0.2, 0) is 23.9 Å². The molecule has 0 spiro atoms. The molecule has 0 radical (unpaired) electrons. The van der Waals surface area contributed by atoms with Crippen LogP contribution in [0.2, 0.25) is 0 Å².